The summed E-state index contributed by atoms with van der Waals surface area (Å²) in [6.45, 7) is 4.37. The minimum Gasteiger partial charge on any atom is -0.395 e. The molecular formula is C13H17NO3. The zero-order chi connectivity index (χ0) is 12.5. The molecule has 1 fully saturated rings. The van der Waals surface area contributed by atoms with E-state index in [1.807, 2.05) is 32.0 Å². The number of nitrogens with one attached hydrogen (secondary N) is 1. The Morgan fingerprint density at radius 2 is 2.18 bits per heavy atom. The van der Waals surface area contributed by atoms with Crippen molar-refractivity contribution in [2.75, 3.05) is 25.1 Å². The quantitative estimate of drug-likeness (QED) is 0.829. The number of rotatable bonds is 3. The van der Waals surface area contributed by atoms with E-state index in [0.717, 1.165) is 16.8 Å². The minimum atomic E-state index is -0.754. The predicted octanol–water partition coefficient (Wildman–Crippen LogP) is 1.25. The van der Waals surface area contributed by atoms with Crippen molar-refractivity contribution < 1.29 is 14.6 Å². The van der Waals surface area contributed by atoms with Crippen LogP contribution >= 0.6 is 0 Å². The van der Waals surface area contributed by atoms with Crippen LogP contribution in [0.3, 0.4) is 0 Å². The highest BCUT2D eigenvalue weighted by Crippen LogP contribution is 2.29. The van der Waals surface area contributed by atoms with Gasteiger partial charge in [0.25, 0.3) is 0 Å². The first-order valence-corrected chi connectivity index (χ1v) is 5.65. The van der Waals surface area contributed by atoms with Crippen molar-refractivity contribution in [2.24, 2.45) is 5.41 Å². The average Bonchev–Trinajstić information content (AvgIpc) is 2.24. The number of aryl methyl sites for hydroxylation is 1. The van der Waals surface area contributed by atoms with Crippen LogP contribution < -0.4 is 5.32 Å². The number of hydrogen-bond acceptors (Lipinski definition) is 3. The second-order valence-electron chi connectivity index (χ2n) is 4.63. The first-order valence-electron chi connectivity index (χ1n) is 5.65. The number of carbonyl (C=O) groups excluding carboxylic acids is 1. The van der Waals surface area contributed by atoms with E-state index in [9.17, 15) is 9.90 Å². The van der Waals surface area contributed by atoms with Crippen LogP contribution in [0.15, 0.2) is 18.2 Å². The van der Waals surface area contributed by atoms with Crippen LogP contribution in [0, 0.1) is 19.3 Å². The van der Waals surface area contributed by atoms with Crippen LogP contribution in [0.2, 0.25) is 0 Å². The molecule has 0 saturated carbocycles. The van der Waals surface area contributed by atoms with Gasteiger partial charge in [0, 0.05) is 5.69 Å². The molecule has 1 saturated heterocycles. The van der Waals surface area contributed by atoms with Crippen LogP contribution in [-0.4, -0.2) is 30.8 Å². The summed E-state index contributed by atoms with van der Waals surface area (Å²) < 4.78 is 5.02. The molecule has 1 aliphatic rings. The molecule has 1 amide bonds. The van der Waals surface area contributed by atoms with E-state index >= 15 is 0 Å². The smallest absolute Gasteiger partial charge is 0.237 e. The lowest BCUT2D eigenvalue weighted by Crippen LogP contribution is -2.54. The fraction of sp³-hybridized carbons (Fsp3) is 0.462. The molecule has 17 heavy (non-hydrogen) atoms. The molecule has 1 heterocycles. The van der Waals surface area contributed by atoms with Crippen molar-refractivity contribution in [2.45, 2.75) is 13.8 Å². The Labute approximate surface area is 101 Å². The van der Waals surface area contributed by atoms with E-state index in [4.69, 9.17) is 4.74 Å². The highest BCUT2D eigenvalue weighted by molar-refractivity contribution is 5.96. The summed E-state index contributed by atoms with van der Waals surface area (Å²) in [5.41, 5.74) is 2.23. The standard InChI is InChI=1S/C13H17NO3/c1-9-4-3-5-11(10(9)2)14-12(16)13(6-15)7-17-8-13/h3-5,15H,6-8H2,1-2H3,(H,14,16). The van der Waals surface area contributed by atoms with E-state index in [2.05, 4.69) is 5.32 Å². The maximum absolute atomic E-state index is 12.1. The topological polar surface area (TPSA) is 58.6 Å². The number of carbonyl (C=O) groups is 1. The molecule has 0 atom stereocenters. The SMILES string of the molecule is Cc1cccc(NC(=O)C2(CO)COC2)c1C. The van der Waals surface area contributed by atoms with Crippen LogP contribution in [0.1, 0.15) is 11.1 Å². The lowest BCUT2D eigenvalue weighted by molar-refractivity contribution is -0.164. The Morgan fingerprint density at radius 3 is 2.71 bits per heavy atom. The van der Waals surface area contributed by atoms with E-state index in [0.29, 0.717) is 13.2 Å². The zero-order valence-electron chi connectivity index (χ0n) is 10.1. The van der Waals surface area contributed by atoms with Gasteiger partial charge in [-0.3, -0.25) is 4.79 Å². The van der Waals surface area contributed by atoms with Crippen molar-refractivity contribution in [3.63, 3.8) is 0 Å². The molecule has 4 heteroatoms. The molecule has 0 bridgehead atoms. The maximum atomic E-state index is 12.1. The Balaban J connectivity index is 2.16. The first-order chi connectivity index (χ1) is 8.09. The number of hydrogen-bond donors (Lipinski definition) is 2. The first kappa shape index (κ1) is 12.1. The summed E-state index contributed by atoms with van der Waals surface area (Å²) >= 11 is 0. The average molecular weight is 235 g/mol. The molecular weight excluding hydrogens is 218 g/mol. The molecule has 1 aromatic rings. The molecule has 0 radical (unpaired) electrons. The Bertz CT molecular complexity index is 433. The van der Waals surface area contributed by atoms with Gasteiger partial charge in [0.1, 0.15) is 5.41 Å². The summed E-state index contributed by atoms with van der Waals surface area (Å²) in [6.07, 6.45) is 0. The highest BCUT2D eigenvalue weighted by Gasteiger charge is 2.45. The van der Waals surface area contributed by atoms with Crippen molar-refractivity contribution in [1.29, 1.82) is 0 Å². The largest absolute Gasteiger partial charge is 0.395 e. The number of benzene rings is 1. The molecule has 92 valence electrons. The fourth-order valence-corrected chi connectivity index (χ4v) is 1.78. The molecule has 2 rings (SSSR count). The van der Waals surface area contributed by atoms with Crippen LogP contribution in [0.4, 0.5) is 5.69 Å². The Kier molecular flexibility index (Phi) is 3.17. The van der Waals surface area contributed by atoms with E-state index < -0.39 is 5.41 Å². The van der Waals surface area contributed by atoms with Crippen LogP contribution in [0.5, 0.6) is 0 Å². The summed E-state index contributed by atoms with van der Waals surface area (Å²) in [5.74, 6) is -0.167. The fourth-order valence-electron chi connectivity index (χ4n) is 1.78. The van der Waals surface area contributed by atoms with Crippen molar-refractivity contribution >= 4 is 11.6 Å². The normalized spacial score (nSPS) is 17.4. The summed E-state index contributed by atoms with van der Waals surface area (Å²) in [7, 11) is 0. The van der Waals surface area contributed by atoms with Gasteiger partial charge in [-0.15, -0.1) is 0 Å². The van der Waals surface area contributed by atoms with Crippen molar-refractivity contribution in [1.82, 2.24) is 0 Å². The monoisotopic (exact) mass is 235 g/mol. The van der Waals surface area contributed by atoms with E-state index in [1.165, 1.54) is 0 Å². The molecule has 0 spiro atoms. The van der Waals surface area contributed by atoms with Crippen molar-refractivity contribution in [3.05, 3.63) is 29.3 Å². The molecule has 0 aromatic heterocycles. The number of ether oxygens (including phenoxy) is 1. The van der Waals surface area contributed by atoms with Crippen LogP contribution in [0.25, 0.3) is 0 Å². The maximum Gasteiger partial charge on any atom is 0.237 e. The third-order valence-electron chi connectivity index (χ3n) is 3.39. The molecule has 2 N–H and O–H groups in total. The van der Waals surface area contributed by atoms with Gasteiger partial charge in [0.2, 0.25) is 5.91 Å². The summed E-state index contributed by atoms with van der Waals surface area (Å²) in [6, 6.07) is 5.77. The number of aliphatic hydroxyl groups excluding tert-OH is 1. The Morgan fingerprint density at radius 1 is 1.47 bits per heavy atom. The second-order valence-corrected chi connectivity index (χ2v) is 4.63. The number of aliphatic hydroxyl groups is 1. The summed E-state index contributed by atoms with van der Waals surface area (Å²) in [5, 5.41) is 12.1. The molecule has 0 aliphatic carbocycles. The van der Waals surface area contributed by atoms with Crippen LogP contribution in [-0.2, 0) is 9.53 Å². The zero-order valence-corrected chi connectivity index (χ0v) is 10.1. The van der Waals surface area contributed by atoms with E-state index in [1.54, 1.807) is 0 Å². The highest BCUT2D eigenvalue weighted by atomic mass is 16.5. The van der Waals surface area contributed by atoms with Gasteiger partial charge in [-0.2, -0.15) is 0 Å². The summed E-state index contributed by atoms with van der Waals surface area (Å²) in [4.78, 5) is 12.1. The lowest BCUT2D eigenvalue weighted by Gasteiger charge is -2.38. The molecule has 1 aliphatic heterocycles. The minimum absolute atomic E-state index is 0.167. The van der Waals surface area contributed by atoms with Gasteiger partial charge in [-0.25, -0.2) is 0 Å². The van der Waals surface area contributed by atoms with Gasteiger partial charge in [-0.05, 0) is 31.0 Å². The Hall–Kier alpha value is -1.39. The van der Waals surface area contributed by atoms with Gasteiger partial charge in [-0.1, -0.05) is 12.1 Å². The number of amides is 1. The number of anilines is 1. The van der Waals surface area contributed by atoms with Gasteiger partial charge in [0.05, 0.1) is 19.8 Å². The van der Waals surface area contributed by atoms with Crippen molar-refractivity contribution in [3.8, 4) is 0 Å². The molecule has 1 aromatic carbocycles. The van der Waals surface area contributed by atoms with Gasteiger partial charge >= 0.3 is 0 Å². The predicted molar refractivity (Wildman–Crippen MR) is 64.9 cm³/mol. The van der Waals surface area contributed by atoms with Gasteiger partial charge < -0.3 is 15.2 Å². The lowest BCUT2D eigenvalue weighted by atomic mass is 9.86. The molecule has 0 unspecified atom stereocenters. The van der Waals surface area contributed by atoms with Gasteiger partial charge in [0.15, 0.2) is 0 Å². The van der Waals surface area contributed by atoms with E-state index in [-0.39, 0.29) is 12.5 Å². The third-order valence-corrected chi connectivity index (χ3v) is 3.39. The second kappa shape index (κ2) is 4.47. The third kappa shape index (κ3) is 2.06. The molecule has 4 nitrogen and oxygen atoms in total.